The molecule has 1 aliphatic rings. The number of nitrogens with zero attached hydrogens (tertiary/aromatic N) is 1. The summed E-state index contributed by atoms with van der Waals surface area (Å²) in [6.07, 6.45) is 1.92. The molecule has 0 fully saturated rings. The normalized spacial score (nSPS) is 17.5. The number of ether oxygens (including phenoxy) is 1. The molecule has 7 heteroatoms. The number of H-pyrrole nitrogens is 1. The Bertz CT molecular complexity index is 1410. The van der Waals surface area contributed by atoms with Crippen LogP contribution in [0.15, 0.2) is 77.4 Å². The number of hydrogen-bond acceptors (Lipinski definition) is 3. The number of methoxy groups -OCH3 is 1. The van der Waals surface area contributed by atoms with Crippen LogP contribution < -0.4 is 5.32 Å². The van der Waals surface area contributed by atoms with E-state index in [9.17, 15) is 9.59 Å². The second kappa shape index (κ2) is 9.68. The molecule has 0 bridgehead atoms. The number of amides is 2. The fraction of sp³-hybridized carbons (Fsp3) is 0.214. The quantitative estimate of drug-likeness (QED) is 0.330. The Labute approximate surface area is 212 Å². The minimum Gasteiger partial charge on any atom is -0.383 e. The van der Waals surface area contributed by atoms with Gasteiger partial charge in [0, 0.05) is 46.4 Å². The van der Waals surface area contributed by atoms with Crippen molar-refractivity contribution in [3.8, 4) is 0 Å². The van der Waals surface area contributed by atoms with E-state index in [1.807, 2.05) is 73.8 Å². The number of halogens is 1. The van der Waals surface area contributed by atoms with E-state index in [2.05, 4.69) is 26.2 Å². The van der Waals surface area contributed by atoms with Gasteiger partial charge in [0.05, 0.1) is 24.3 Å². The molecule has 1 aromatic heterocycles. The molecule has 3 aromatic carbocycles. The van der Waals surface area contributed by atoms with Crippen LogP contribution in [0.4, 0.5) is 5.69 Å². The number of aryl methyl sites for hydroxylation is 1. The first kappa shape index (κ1) is 23.3. The molecule has 2 heterocycles. The molecule has 0 saturated heterocycles. The molecule has 0 radical (unpaired) electrons. The van der Waals surface area contributed by atoms with Crippen molar-refractivity contribution in [2.24, 2.45) is 0 Å². The number of aromatic amines is 1. The first-order valence-corrected chi connectivity index (χ1v) is 12.3. The molecule has 178 valence electrons. The maximum Gasteiger partial charge on any atom is 0.254 e. The van der Waals surface area contributed by atoms with Gasteiger partial charge in [0.25, 0.3) is 5.91 Å². The van der Waals surface area contributed by atoms with E-state index in [-0.39, 0.29) is 11.8 Å². The van der Waals surface area contributed by atoms with Crippen LogP contribution >= 0.6 is 15.9 Å². The average molecular weight is 532 g/mol. The third-order valence-electron chi connectivity index (χ3n) is 6.58. The van der Waals surface area contributed by atoms with E-state index in [1.165, 1.54) is 0 Å². The number of fused-ring (bicyclic) bond motifs is 2. The van der Waals surface area contributed by atoms with Crippen LogP contribution in [-0.4, -0.2) is 42.0 Å². The van der Waals surface area contributed by atoms with E-state index >= 15 is 0 Å². The van der Waals surface area contributed by atoms with E-state index in [1.54, 1.807) is 18.1 Å². The summed E-state index contributed by atoms with van der Waals surface area (Å²) >= 11 is 3.57. The van der Waals surface area contributed by atoms with Gasteiger partial charge < -0.3 is 19.9 Å². The van der Waals surface area contributed by atoms with Crippen molar-refractivity contribution >= 4 is 44.3 Å². The molecule has 35 heavy (non-hydrogen) atoms. The highest BCUT2D eigenvalue weighted by atomic mass is 79.9. The molecule has 1 aliphatic heterocycles. The lowest BCUT2D eigenvalue weighted by molar-refractivity contribution is -0.119. The van der Waals surface area contributed by atoms with Gasteiger partial charge >= 0.3 is 0 Å². The Morgan fingerprint density at radius 2 is 1.86 bits per heavy atom. The summed E-state index contributed by atoms with van der Waals surface area (Å²) in [5.74, 6) is -0.895. The van der Waals surface area contributed by atoms with Crippen LogP contribution in [0, 0.1) is 6.92 Å². The number of rotatable bonds is 6. The van der Waals surface area contributed by atoms with E-state index in [4.69, 9.17) is 4.74 Å². The summed E-state index contributed by atoms with van der Waals surface area (Å²) in [7, 11) is 1.61. The Kier molecular flexibility index (Phi) is 6.45. The van der Waals surface area contributed by atoms with Crippen molar-refractivity contribution in [1.29, 1.82) is 0 Å². The van der Waals surface area contributed by atoms with Crippen molar-refractivity contribution < 1.29 is 14.3 Å². The summed E-state index contributed by atoms with van der Waals surface area (Å²) in [6.45, 7) is 2.73. The van der Waals surface area contributed by atoms with Crippen molar-refractivity contribution in [3.05, 3.63) is 99.7 Å². The van der Waals surface area contributed by atoms with Gasteiger partial charge in [0.2, 0.25) is 5.91 Å². The Balaban J connectivity index is 1.67. The number of aromatic nitrogens is 1. The first-order valence-electron chi connectivity index (χ1n) is 11.5. The van der Waals surface area contributed by atoms with E-state index in [0.29, 0.717) is 24.4 Å². The molecular formula is C28H26BrN3O3. The number of benzene rings is 3. The molecule has 0 saturated carbocycles. The van der Waals surface area contributed by atoms with Gasteiger partial charge in [0.1, 0.15) is 0 Å². The van der Waals surface area contributed by atoms with Gasteiger partial charge in [-0.05, 0) is 58.2 Å². The Hall–Kier alpha value is -3.42. The highest BCUT2D eigenvalue weighted by Gasteiger charge is 2.44. The standard InChI is InChI=1S/C28H26BrN3O3/c1-17-11-12-24(22(29)15-17)31-27(33)25-19-8-3-4-9-20(19)28(34)32(13-14-35-2)26(25)21-16-30-23-10-6-5-7-18(21)23/h3-12,15-16,25-26,30H,13-14H2,1-2H3,(H,31,33). The Morgan fingerprint density at radius 3 is 2.66 bits per heavy atom. The van der Waals surface area contributed by atoms with Gasteiger partial charge in [-0.3, -0.25) is 9.59 Å². The SMILES string of the molecule is COCCN1C(=O)c2ccccc2C(C(=O)Nc2ccc(C)cc2Br)C1c1c[nH]c2ccccc12. The van der Waals surface area contributed by atoms with Crippen molar-refractivity contribution in [3.63, 3.8) is 0 Å². The zero-order chi connectivity index (χ0) is 24.5. The monoisotopic (exact) mass is 531 g/mol. The molecule has 0 spiro atoms. The second-order valence-corrected chi connectivity index (χ2v) is 9.62. The smallest absolute Gasteiger partial charge is 0.254 e. The average Bonchev–Trinajstić information content (AvgIpc) is 3.29. The van der Waals surface area contributed by atoms with Gasteiger partial charge in [0.15, 0.2) is 0 Å². The molecule has 2 amide bonds. The van der Waals surface area contributed by atoms with Crippen LogP contribution in [0.3, 0.4) is 0 Å². The minimum absolute atomic E-state index is 0.103. The number of carbonyl (C=O) groups is 2. The van der Waals surface area contributed by atoms with E-state index in [0.717, 1.165) is 32.1 Å². The molecule has 0 aliphatic carbocycles. The van der Waals surface area contributed by atoms with Crippen LogP contribution in [0.5, 0.6) is 0 Å². The fourth-order valence-corrected chi connectivity index (χ4v) is 5.52. The van der Waals surface area contributed by atoms with E-state index < -0.39 is 12.0 Å². The summed E-state index contributed by atoms with van der Waals surface area (Å²) in [4.78, 5) is 32.8. The van der Waals surface area contributed by atoms with Crippen molar-refractivity contribution in [2.45, 2.75) is 18.9 Å². The number of anilines is 1. The lowest BCUT2D eigenvalue weighted by atomic mass is 9.79. The summed E-state index contributed by atoms with van der Waals surface area (Å²) < 4.78 is 6.15. The molecule has 6 nitrogen and oxygen atoms in total. The fourth-order valence-electron chi connectivity index (χ4n) is 4.93. The lowest BCUT2D eigenvalue weighted by Crippen LogP contribution is -2.47. The second-order valence-electron chi connectivity index (χ2n) is 8.76. The van der Waals surface area contributed by atoms with Crippen LogP contribution in [-0.2, 0) is 9.53 Å². The molecule has 5 rings (SSSR count). The van der Waals surface area contributed by atoms with Gasteiger partial charge in [-0.15, -0.1) is 0 Å². The zero-order valence-electron chi connectivity index (χ0n) is 19.5. The maximum atomic E-state index is 14.0. The number of para-hydroxylation sites is 1. The molecular weight excluding hydrogens is 506 g/mol. The largest absolute Gasteiger partial charge is 0.383 e. The molecule has 2 atom stereocenters. The summed E-state index contributed by atoms with van der Waals surface area (Å²) in [5, 5.41) is 4.10. The molecule has 4 aromatic rings. The Morgan fingerprint density at radius 1 is 1.09 bits per heavy atom. The van der Waals surface area contributed by atoms with Gasteiger partial charge in [-0.1, -0.05) is 42.5 Å². The molecule has 2 unspecified atom stereocenters. The molecule has 2 N–H and O–H groups in total. The highest BCUT2D eigenvalue weighted by Crippen LogP contribution is 2.45. The summed E-state index contributed by atoms with van der Waals surface area (Å²) in [6, 6.07) is 20.7. The van der Waals surface area contributed by atoms with Gasteiger partial charge in [-0.25, -0.2) is 0 Å². The van der Waals surface area contributed by atoms with Crippen molar-refractivity contribution in [2.75, 3.05) is 25.6 Å². The zero-order valence-corrected chi connectivity index (χ0v) is 21.1. The predicted molar refractivity (Wildman–Crippen MR) is 141 cm³/mol. The third kappa shape index (κ3) is 4.26. The maximum absolute atomic E-state index is 14.0. The minimum atomic E-state index is -0.617. The van der Waals surface area contributed by atoms with Gasteiger partial charge in [-0.2, -0.15) is 0 Å². The van der Waals surface area contributed by atoms with Crippen molar-refractivity contribution in [1.82, 2.24) is 9.88 Å². The summed E-state index contributed by atoms with van der Waals surface area (Å²) in [5.41, 5.74) is 4.91. The predicted octanol–water partition coefficient (Wildman–Crippen LogP) is 5.80. The first-order chi connectivity index (χ1) is 17.0. The number of nitrogens with one attached hydrogen (secondary N) is 2. The highest BCUT2D eigenvalue weighted by molar-refractivity contribution is 9.10. The van der Waals surface area contributed by atoms with Crippen LogP contribution in [0.1, 0.15) is 39.0 Å². The third-order valence-corrected chi connectivity index (χ3v) is 7.24. The number of hydrogen-bond donors (Lipinski definition) is 2. The van der Waals surface area contributed by atoms with Crippen LogP contribution in [0.25, 0.3) is 10.9 Å². The van der Waals surface area contributed by atoms with Crippen LogP contribution in [0.2, 0.25) is 0 Å². The lowest BCUT2D eigenvalue weighted by Gasteiger charge is -2.41. The topological polar surface area (TPSA) is 74.4 Å². The number of carbonyl (C=O) groups excluding carboxylic acids is 2.